The summed E-state index contributed by atoms with van der Waals surface area (Å²) >= 11 is 0. The molecule has 0 aliphatic carbocycles. The Labute approximate surface area is 128 Å². The van der Waals surface area contributed by atoms with Crippen LogP contribution in [0.4, 0.5) is 0 Å². The average molecular weight is 330 g/mol. The predicted molar refractivity (Wildman–Crippen MR) is 75.2 cm³/mol. The number of esters is 1. The third kappa shape index (κ3) is 2.53. The van der Waals surface area contributed by atoms with Crippen molar-refractivity contribution >= 4 is 21.9 Å². The molecule has 3 aliphatic heterocycles. The van der Waals surface area contributed by atoms with Gasteiger partial charge < -0.3 is 14.8 Å². The van der Waals surface area contributed by atoms with Gasteiger partial charge in [-0.3, -0.25) is 9.59 Å². The summed E-state index contributed by atoms with van der Waals surface area (Å²) in [5.41, 5.74) is 0.362. The van der Waals surface area contributed by atoms with Crippen molar-refractivity contribution in [2.24, 2.45) is 0 Å². The SMILES string of the molecule is C=C(C)C(=O)NCCC(=O)OC1C2CC3C(O2)C1NS3(=O)=O. The molecule has 2 bridgehead atoms. The van der Waals surface area contributed by atoms with Crippen LogP contribution in [0, 0.1) is 0 Å². The quantitative estimate of drug-likeness (QED) is 0.485. The van der Waals surface area contributed by atoms with Gasteiger partial charge >= 0.3 is 5.97 Å². The fraction of sp³-hybridized carbons (Fsp3) is 0.692. The van der Waals surface area contributed by atoms with Gasteiger partial charge in [-0.2, -0.15) is 0 Å². The van der Waals surface area contributed by atoms with Crippen molar-refractivity contribution < 1.29 is 27.5 Å². The van der Waals surface area contributed by atoms with Gasteiger partial charge in [-0.1, -0.05) is 6.58 Å². The highest BCUT2D eigenvalue weighted by Gasteiger charge is 2.65. The summed E-state index contributed by atoms with van der Waals surface area (Å²) in [5, 5.41) is 2.00. The van der Waals surface area contributed by atoms with Crippen LogP contribution < -0.4 is 10.0 Å². The Balaban J connectivity index is 1.51. The van der Waals surface area contributed by atoms with Gasteiger partial charge in [0.25, 0.3) is 0 Å². The Morgan fingerprint density at radius 3 is 2.86 bits per heavy atom. The van der Waals surface area contributed by atoms with Crippen molar-refractivity contribution in [1.29, 1.82) is 0 Å². The van der Waals surface area contributed by atoms with Crippen molar-refractivity contribution in [3.05, 3.63) is 12.2 Å². The lowest BCUT2D eigenvalue weighted by Crippen LogP contribution is -2.45. The summed E-state index contributed by atoms with van der Waals surface area (Å²) < 4.78 is 37.1. The molecule has 0 aromatic heterocycles. The van der Waals surface area contributed by atoms with Crippen LogP contribution in [0.1, 0.15) is 19.8 Å². The molecule has 9 heteroatoms. The van der Waals surface area contributed by atoms with Crippen LogP contribution in [0.5, 0.6) is 0 Å². The highest BCUT2D eigenvalue weighted by atomic mass is 32.2. The molecule has 22 heavy (non-hydrogen) atoms. The molecule has 2 N–H and O–H groups in total. The van der Waals surface area contributed by atoms with E-state index in [0.717, 1.165) is 0 Å². The molecular weight excluding hydrogens is 312 g/mol. The van der Waals surface area contributed by atoms with Crippen molar-refractivity contribution in [2.45, 2.75) is 49.4 Å². The molecule has 8 nitrogen and oxygen atoms in total. The monoisotopic (exact) mass is 330 g/mol. The minimum absolute atomic E-state index is 0.00973. The summed E-state index contributed by atoms with van der Waals surface area (Å²) in [5.74, 6) is -0.812. The summed E-state index contributed by atoms with van der Waals surface area (Å²) in [6.45, 7) is 5.21. The van der Waals surface area contributed by atoms with Gasteiger partial charge in [-0.15, -0.1) is 0 Å². The van der Waals surface area contributed by atoms with Gasteiger partial charge in [-0.05, 0) is 13.3 Å². The Morgan fingerprint density at radius 2 is 2.18 bits per heavy atom. The van der Waals surface area contributed by atoms with E-state index < -0.39 is 39.5 Å². The van der Waals surface area contributed by atoms with E-state index in [0.29, 0.717) is 12.0 Å². The first-order chi connectivity index (χ1) is 10.3. The second-order valence-electron chi connectivity index (χ2n) is 5.84. The fourth-order valence-corrected chi connectivity index (χ4v) is 5.01. The van der Waals surface area contributed by atoms with E-state index in [4.69, 9.17) is 9.47 Å². The van der Waals surface area contributed by atoms with Gasteiger partial charge in [-0.25, -0.2) is 13.1 Å². The van der Waals surface area contributed by atoms with Crippen LogP contribution in [0.3, 0.4) is 0 Å². The van der Waals surface area contributed by atoms with Crippen LogP contribution in [-0.4, -0.2) is 56.4 Å². The van der Waals surface area contributed by atoms with Crippen molar-refractivity contribution in [3.63, 3.8) is 0 Å². The molecule has 5 unspecified atom stereocenters. The van der Waals surface area contributed by atoms with Crippen molar-refractivity contribution in [2.75, 3.05) is 6.54 Å². The van der Waals surface area contributed by atoms with E-state index in [2.05, 4.69) is 16.6 Å². The number of amides is 1. The molecule has 3 heterocycles. The molecule has 3 saturated heterocycles. The highest BCUT2D eigenvalue weighted by Crippen LogP contribution is 2.44. The number of ether oxygens (including phenoxy) is 2. The molecule has 0 saturated carbocycles. The number of carbonyl (C=O) groups is 2. The van der Waals surface area contributed by atoms with Crippen molar-refractivity contribution in [1.82, 2.24) is 10.0 Å². The van der Waals surface area contributed by atoms with Crippen LogP contribution in [-0.2, 0) is 29.1 Å². The van der Waals surface area contributed by atoms with Gasteiger partial charge in [0.05, 0.1) is 24.7 Å². The average Bonchev–Trinajstić information content (AvgIpc) is 3.02. The highest BCUT2D eigenvalue weighted by molar-refractivity contribution is 7.90. The van der Waals surface area contributed by atoms with E-state index >= 15 is 0 Å². The van der Waals surface area contributed by atoms with Gasteiger partial charge in [0.1, 0.15) is 11.4 Å². The molecule has 0 aromatic rings. The molecule has 5 atom stereocenters. The van der Waals surface area contributed by atoms with E-state index in [9.17, 15) is 18.0 Å². The maximum atomic E-state index is 11.8. The number of hydrogen-bond acceptors (Lipinski definition) is 6. The van der Waals surface area contributed by atoms with Crippen LogP contribution >= 0.6 is 0 Å². The van der Waals surface area contributed by atoms with E-state index in [1.165, 1.54) is 0 Å². The Kier molecular flexibility index (Phi) is 3.74. The Bertz CT molecular complexity index is 630. The molecule has 3 aliphatic rings. The summed E-state index contributed by atoms with van der Waals surface area (Å²) in [6, 6.07) is -0.497. The summed E-state index contributed by atoms with van der Waals surface area (Å²) in [4.78, 5) is 23.1. The zero-order chi connectivity index (χ0) is 16.1. The van der Waals surface area contributed by atoms with Gasteiger partial charge in [0.2, 0.25) is 15.9 Å². The lowest BCUT2D eigenvalue weighted by Gasteiger charge is -2.22. The van der Waals surface area contributed by atoms with E-state index in [1.807, 2.05) is 0 Å². The molecule has 122 valence electrons. The predicted octanol–water partition coefficient (Wildman–Crippen LogP) is -1.18. The van der Waals surface area contributed by atoms with Crippen LogP contribution in [0.2, 0.25) is 0 Å². The molecule has 0 aromatic carbocycles. The minimum Gasteiger partial charge on any atom is -0.458 e. The van der Waals surface area contributed by atoms with Crippen molar-refractivity contribution in [3.8, 4) is 0 Å². The first kappa shape index (κ1) is 15.4. The van der Waals surface area contributed by atoms with Crippen LogP contribution in [0.15, 0.2) is 12.2 Å². The molecular formula is C13H18N2O6S. The number of carbonyl (C=O) groups excluding carboxylic acids is 2. The normalized spacial score (nSPS) is 37.0. The third-order valence-electron chi connectivity index (χ3n) is 4.21. The second kappa shape index (κ2) is 5.32. The van der Waals surface area contributed by atoms with Crippen LogP contribution in [0.25, 0.3) is 0 Å². The zero-order valence-corrected chi connectivity index (χ0v) is 12.9. The maximum absolute atomic E-state index is 11.8. The molecule has 3 fully saturated rings. The summed E-state index contributed by atoms with van der Waals surface area (Å²) in [7, 11) is -3.37. The van der Waals surface area contributed by atoms with E-state index in [1.54, 1.807) is 6.92 Å². The minimum atomic E-state index is -3.37. The standard InChI is InChI=1S/C13H18N2O6S/c1-6(2)13(17)14-4-3-9(16)21-11-7-5-8-12(20-7)10(11)15-22(8,18)19/h7-8,10-12,15H,1,3-5H2,2H3,(H,14,17). The Hall–Kier alpha value is -1.45. The first-order valence-electron chi connectivity index (χ1n) is 7.09. The topological polar surface area (TPSA) is 111 Å². The number of rotatable bonds is 5. The second-order valence-corrected chi connectivity index (χ2v) is 7.77. The van der Waals surface area contributed by atoms with Gasteiger partial charge in [0, 0.05) is 12.1 Å². The fourth-order valence-electron chi connectivity index (χ4n) is 3.16. The Morgan fingerprint density at radius 1 is 1.45 bits per heavy atom. The molecule has 1 amide bonds. The van der Waals surface area contributed by atoms with Gasteiger partial charge in [0.15, 0.2) is 0 Å². The molecule has 0 radical (unpaired) electrons. The largest absolute Gasteiger partial charge is 0.458 e. The lowest BCUT2D eigenvalue weighted by atomic mass is 9.93. The zero-order valence-electron chi connectivity index (χ0n) is 12.1. The molecule has 3 rings (SSSR count). The summed E-state index contributed by atoms with van der Waals surface area (Å²) in [6.07, 6.45) is -1.05. The van der Waals surface area contributed by atoms with E-state index in [-0.39, 0.29) is 25.0 Å². The lowest BCUT2D eigenvalue weighted by molar-refractivity contribution is -0.152. The number of nitrogens with one attached hydrogen (secondary N) is 2. The number of sulfonamides is 1. The molecule has 0 spiro atoms. The number of fused-ring (bicyclic) bond motifs is 1. The first-order valence-corrected chi connectivity index (χ1v) is 8.64. The number of hydrogen-bond donors (Lipinski definition) is 2. The maximum Gasteiger partial charge on any atom is 0.308 e. The third-order valence-corrected chi connectivity index (χ3v) is 6.06. The smallest absolute Gasteiger partial charge is 0.308 e.